The number of nitrogens with zero attached hydrogens (tertiary/aromatic N) is 2. The fourth-order valence-electron chi connectivity index (χ4n) is 5.34. The molecule has 0 N–H and O–H groups in total. The second-order valence-corrected chi connectivity index (χ2v) is 10.8. The number of hydrogen-bond acceptors (Lipinski definition) is 5. The number of thiazole rings is 1. The maximum Gasteiger partial charge on any atom is 0.271 e. The SMILES string of the molecule is CCOc1ccc(C2C3=C(N=c4sc(=Cc5ccccc5OC(C)C)c(=O)n42)c2ccccc2CC3)cc1. The van der Waals surface area contributed by atoms with Crippen LogP contribution in [-0.2, 0) is 6.42 Å². The average molecular weight is 523 g/mol. The molecule has 2 aliphatic rings. The van der Waals surface area contributed by atoms with Gasteiger partial charge in [-0.2, -0.15) is 0 Å². The van der Waals surface area contributed by atoms with Gasteiger partial charge in [-0.3, -0.25) is 9.36 Å². The number of rotatable bonds is 6. The molecule has 1 aromatic heterocycles. The van der Waals surface area contributed by atoms with E-state index in [0.29, 0.717) is 11.1 Å². The number of hydrogen-bond donors (Lipinski definition) is 0. The summed E-state index contributed by atoms with van der Waals surface area (Å²) in [5.41, 5.74) is 6.58. The fourth-order valence-corrected chi connectivity index (χ4v) is 6.33. The Morgan fingerprint density at radius 2 is 1.79 bits per heavy atom. The van der Waals surface area contributed by atoms with E-state index in [4.69, 9.17) is 14.5 Å². The Bertz CT molecular complexity index is 1710. The summed E-state index contributed by atoms with van der Waals surface area (Å²) in [6.07, 6.45) is 3.77. The molecule has 4 aromatic rings. The number of allylic oxidation sites excluding steroid dienone is 1. The van der Waals surface area contributed by atoms with Gasteiger partial charge in [0.05, 0.1) is 29.0 Å². The van der Waals surface area contributed by atoms with Crippen molar-refractivity contribution >= 4 is 23.1 Å². The molecule has 2 heterocycles. The first-order chi connectivity index (χ1) is 18.5. The zero-order valence-corrected chi connectivity index (χ0v) is 22.6. The fraction of sp³-hybridized carbons (Fsp3) is 0.250. The Balaban J connectivity index is 1.56. The van der Waals surface area contributed by atoms with Gasteiger partial charge >= 0.3 is 0 Å². The van der Waals surface area contributed by atoms with Crippen LogP contribution < -0.4 is 24.4 Å². The van der Waals surface area contributed by atoms with E-state index in [9.17, 15) is 4.79 Å². The van der Waals surface area contributed by atoms with Crippen molar-refractivity contribution < 1.29 is 9.47 Å². The molecule has 38 heavy (non-hydrogen) atoms. The molecular weight excluding hydrogens is 492 g/mol. The van der Waals surface area contributed by atoms with Crippen LogP contribution in [0.15, 0.2) is 88.2 Å². The molecule has 1 aliphatic heterocycles. The van der Waals surface area contributed by atoms with Gasteiger partial charge in [0.2, 0.25) is 0 Å². The van der Waals surface area contributed by atoms with Gasteiger partial charge in [0.25, 0.3) is 5.56 Å². The molecule has 0 fully saturated rings. The molecule has 0 saturated heterocycles. The topological polar surface area (TPSA) is 52.8 Å². The highest BCUT2D eigenvalue weighted by molar-refractivity contribution is 7.07. The van der Waals surface area contributed by atoms with Crippen LogP contribution in [-0.4, -0.2) is 17.3 Å². The van der Waals surface area contributed by atoms with Crippen molar-refractivity contribution in [2.45, 2.75) is 45.8 Å². The molecule has 5 nitrogen and oxygen atoms in total. The number of ether oxygens (including phenoxy) is 2. The van der Waals surface area contributed by atoms with Crippen LogP contribution in [0, 0.1) is 0 Å². The maximum absolute atomic E-state index is 14.0. The van der Waals surface area contributed by atoms with E-state index >= 15 is 0 Å². The van der Waals surface area contributed by atoms with Crippen LogP contribution in [0.25, 0.3) is 11.8 Å². The largest absolute Gasteiger partial charge is 0.494 e. The van der Waals surface area contributed by atoms with E-state index in [1.165, 1.54) is 22.5 Å². The Morgan fingerprint density at radius 1 is 1.03 bits per heavy atom. The van der Waals surface area contributed by atoms with Gasteiger partial charge in [-0.1, -0.05) is 65.9 Å². The summed E-state index contributed by atoms with van der Waals surface area (Å²) < 4.78 is 14.2. The Kier molecular flexibility index (Phi) is 6.50. The monoisotopic (exact) mass is 522 g/mol. The standard InChI is InChI=1S/C32H30N2O3S/c1-4-36-24-16-13-22(14-17-24)30-26-18-15-21-9-5-7-11-25(21)29(26)33-32-34(30)31(35)28(38-32)19-23-10-6-8-12-27(23)37-20(2)3/h5-14,16-17,19-20,30H,4,15,18H2,1-3H3. The second kappa shape index (κ2) is 10.1. The van der Waals surface area contributed by atoms with Gasteiger partial charge in [-0.15, -0.1) is 0 Å². The smallest absolute Gasteiger partial charge is 0.271 e. The maximum atomic E-state index is 14.0. The first-order valence-corrected chi connectivity index (χ1v) is 14.0. The second-order valence-electron chi connectivity index (χ2n) is 9.82. The van der Waals surface area contributed by atoms with Gasteiger partial charge in [0.1, 0.15) is 11.5 Å². The summed E-state index contributed by atoms with van der Waals surface area (Å²) in [7, 11) is 0. The van der Waals surface area contributed by atoms with Crippen molar-refractivity contribution in [3.05, 3.63) is 120 Å². The Morgan fingerprint density at radius 3 is 2.58 bits per heavy atom. The van der Waals surface area contributed by atoms with Crippen LogP contribution in [0.4, 0.5) is 0 Å². The first-order valence-electron chi connectivity index (χ1n) is 13.1. The van der Waals surface area contributed by atoms with Crippen molar-refractivity contribution in [3.63, 3.8) is 0 Å². The minimum absolute atomic E-state index is 0.0302. The van der Waals surface area contributed by atoms with Gasteiger partial charge in [-0.25, -0.2) is 4.99 Å². The molecule has 192 valence electrons. The molecule has 3 aromatic carbocycles. The molecule has 0 bridgehead atoms. The lowest BCUT2D eigenvalue weighted by atomic mass is 9.83. The van der Waals surface area contributed by atoms with Crippen molar-refractivity contribution in [3.8, 4) is 11.5 Å². The van der Waals surface area contributed by atoms with E-state index in [1.807, 2.05) is 67.8 Å². The third-order valence-electron chi connectivity index (χ3n) is 6.95. The van der Waals surface area contributed by atoms with Gasteiger partial charge in [0, 0.05) is 11.1 Å². The lowest BCUT2D eigenvalue weighted by molar-refractivity contribution is 0.242. The van der Waals surface area contributed by atoms with Crippen molar-refractivity contribution in [2.24, 2.45) is 4.99 Å². The summed E-state index contributed by atoms with van der Waals surface area (Å²) in [5.74, 6) is 1.60. The Labute approximate surface area is 226 Å². The summed E-state index contributed by atoms with van der Waals surface area (Å²) in [4.78, 5) is 19.8. The number of aryl methyl sites for hydroxylation is 1. The average Bonchev–Trinajstić information content (AvgIpc) is 3.23. The van der Waals surface area contributed by atoms with E-state index in [2.05, 4.69) is 36.4 Å². The summed E-state index contributed by atoms with van der Waals surface area (Å²) in [6.45, 7) is 6.60. The van der Waals surface area contributed by atoms with Crippen LogP contribution >= 0.6 is 11.3 Å². The lowest BCUT2D eigenvalue weighted by Crippen LogP contribution is -2.38. The zero-order valence-electron chi connectivity index (χ0n) is 21.8. The van der Waals surface area contributed by atoms with E-state index in [0.717, 1.165) is 51.5 Å². The van der Waals surface area contributed by atoms with Gasteiger partial charge < -0.3 is 9.47 Å². The minimum atomic E-state index is -0.213. The predicted molar refractivity (Wildman–Crippen MR) is 153 cm³/mol. The van der Waals surface area contributed by atoms with E-state index in [1.54, 1.807) is 0 Å². The number of para-hydroxylation sites is 1. The molecule has 0 saturated carbocycles. The van der Waals surface area contributed by atoms with Crippen molar-refractivity contribution in [1.82, 2.24) is 4.57 Å². The highest BCUT2D eigenvalue weighted by Crippen LogP contribution is 2.41. The Hall–Kier alpha value is -3.90. The van der Waals surface area contributed by atoms with Crippen LogP contribution in [0.5, 0.6) is 11.5 Å². The molecule has 0 amide bonds. The number of fused-ring (bicyclic) bond motifs is 3. The van der Waals surface area contributed by atoms with Crippen LogP contribution in [0.2, 0.25) is 0 Å². The summed E-state index contributed by atoms with van der Waals surface area (Å²) in [6, 6.07) is 24.3. The molecule has 0 spiro atoms. The normalized spacial score (nSPS) is 16.5. The molecule has 1 unspecified atom stereocenters. The highest BCUT2D eigenvalue weighted by Gasteiger charge is 2.32. The zero-order chi connectivity index (χ0) is 26.2. The van der Waals surface area contributed by atoms with E-state index < -0.39 is 0 Å². The summed E-state index contributed by atoms with van der Waals surface area (Å²) in [5, 5.41) is 0. The van der Waals surface area contributed by atoms with Crippen molar-refractivity contribution in [2.75, 3.05) is 6.61 Å². The number of aromatic nitrogens is 1. The summed E-state index contributed by atoms with van der Waals surface area (Å²) >= 11 is 1.44. The van der Waals surface area contributed by atoms with Crippen LogP contribution in [0.1, 0.15) is 55.5 Å². The molecule has 6 rings (SSSR count). The molecule has 1 aliphatic carbocycles. The first kappa shape index (κ1) is 24.4. The third kappa shape index (κ3) is 4.39. The van der Waals surface area contributed by atoms with E-state index in [-0.39, 0.29) is 17.7 Å². The molecule has 6 heteroatoms. The lowest BCUT2D eigenvalue weighted by Gasteiger charge is -2.30. The quantitative estimate of drug-likeness (QED) is 0.336. The molecular formula is C32H30N2O3S. The highest BCUT2D eigenvalue weighted by atomic mass is 32.1. The van der Waals surface area contributed by atoms with Gasteiger partial charge in [0.15, 0.2) is 4.80 Å². The molecule has 0 radical (unpaired) electrons. The number of benzene rings is 3. The van der Waals surface area contributed by atoms with Gasteiger partial charge in [-0.05, 0) is 74.6 Å². The molecule has 1 atom stereocenters. The minimum Gasteiger partial charge on any atom is -0.494 e. The van der Waals surface area contributed by atoms with Crippen molar-refractivity contribution in [1.29, 1.82) is 0 Å². The predicted octanol–water partition coefficient (Wildman–Crippen LogP) is 5.50. The third-order valence-corrected chi connectivity index (χ3v) is 7.93. The van der Waals surface area contributed by atoms with Crippen LogP contribution in [0.3, 0.4) is 0 Å².